The molecule has 2 atom stereocenters. The summed E-state index contributed by atoms with van der Waals surface area (Å²) in [5.41, 5.74) is 3.17. The lowest BCUT2D eigenvalue weighted by Gasteiger charge is -2.15. The molecule has 0 radical (unpaired) electrons. The van der Waals surface area contributed by atoms with E-state index in [1.807, 2.05) is 48.5 Å². The zero-order valence-electron chi connectivity index (χ0n) is 15.4. The number of ether oxygens (including phenoxy) is 2. The summed E-state index contributed by atoms with van der Waals surface area (Å²) in [6, 6.07) is 20.1. The second-order valence-electron chi connectivity index (χ2n) is 6.71. The van der Waals surface area contributed by atoms with Crippen molar-refractivity contribution in [2.75, 3.05) is 7.11 Å². The molecule has 0 saturated carbocycles. The Kier molecular flexibility index (Phi) is 4.88. The Morgan fingerprint density at radius 1 is 0.862 bits per heavy atom. The number of methoxy groups -OCH3 is 1. The second kappa shape index (κ2) is 7.37. The van der Waals surface area contributed by atoms with Crippen molar-refractivity contribution >= 4 is 5.97 Å². The highest BCUT2D eigenvalue weighted by atomic mass is 19.4. The van der Waals surface area contributed by atoms with Crippen molar-refractivity contribution in [3.63, 3.8) is 0 Å². The van der Waals surface area contributed by atoms with Gasteiger partial charge < -0.3 is 9.47 Å². The maximum atomic E-state index is 12.9. The molecule has 3 aromatic rings. The molecule has 0 aromatic heterocycles. The van der Waals surface area contributed by atoms with E-state index >= 15 is 0 Å². The number of hydrogen-bond acceptors (Lipinski definition) is 3. The van der Waals surface area contributed by atoms with Gasteiger partial charge >= 0.3 is 12.1 Å². The first-order valence-corrected chi connectivity index (χ1v) is 8.99. The Hall–Kier alpha value is -3.12. The fraction of sp³-hybridized carbons (Fsp3) is 0.174. The lowest BCUT2D eigenvalue weighted by molar-refractivity contribution is -0.142. The molecular weight excluding hydrogens is 381 g/mol. The van der Waals surface area contributed by atoms with Gasteiger partial charge in [-0.15, -0.1) is 0 Å². The molecule has 3 nitrogen and oxygen atoms in total. The highest BCUT2D eigenvalue weighted by molar-refractivity contribution is 5.84. The van der Waals surface area contributed by atoms with Crippen molar-refractivity contribution in [2.24, 2.45) is 0 Å². The minimum absolute atomic E-state index is 0.476. The number of epoxide rings is 1. The van der Waals surface area contributed by atoms with E-state index in [0.29, 0.717) is 5.56 Å². The van der Waals surface area contributed by atoms with Gasteiger partial charge in [-0.1, -0.05) is 60.7 Å². The summed E-state index contributed by atoms with van der Waals surface area (Å²) in [5.74, 6) is -0.476. The topological polar surface area (TPSA) is 38.8 Å². The monoisotopic (exact) mass is 398 g/mol. The maximum absolute atomic E-state index is 12.9. The molecule has 1 heterocycles. The normalized spacial score (nSPS) is 18.3. The predicted octanol–water partition coefficient (Wildman–Crippen LogP) is 5.65. The number of benzene rings is 3. The Balaban J connectivity index is 1.83. The molecule has 1 saturated heterocycles. The first kappa shape index (κ1) is 19.2. The van der Waals surface area contributed by atoms with Crippen molar-refractivity contribution in [3.05, 3.63) is 83.9 Å². The van der Waals surface area contributed by atoms with Crippen LogP contribution < -0.4 is 0 Å². The van der Waals surface area contributed by atoms with Gasteiger partial charge in [0.05, 0.1) is 12.7 Å². The molecule has 1 aliphatic rings. The van der Waals surface area contributed by atoms with Crippen LogP contribution in [0.3, 0.4) is 0 Å². The second-order valence-corrected chi connectivity index (χ2v) is 6.71. The van der Waals surface area contributed by atoms with Crippen LogP contribution in [0.5, 0.6) is 0 Å². The van der Waals surface area contributed by atoms with Gasteiger partial charge in [0.25, 0.3) is 0 Å². The van der Waals surface area contributed by atoms with E-state index in [4.69, 9.17) is 9.47 Å². The van der Waals surface area contributed by atoms with E-state index in [1.165, 1.54) is 19.2 Å². The minimum atomic E-state index is -4.40. The molecule has 148 valence electrons. The van der Waals surface area contributed by atoms with Crippen molar-refractivity contribution < 1.29 is 27.4 Å². The van der Waals surface area contributed by atoms with Crippen LogP contribution in [-0.2, 0) is 20.4 Å². The average molecular weight is 398 g/mol. The summed E-state index contributed by atoms with van der Waals surface area (Å²) in [6.07, 6.45) is -5.64. The lowest BCUT2D eigenvalue weighted by Crippen LogP contribution is -2.10. The van der Waals surface area contributed by atoms with E-state index in [9.17, 15) is 18.0 Å². The number of rotatable bonds is 4. The molecule has 3 aromatic carbocycles. The standard InChI is InChI=1S/C23H17F3O3/c1-28-22(27)21-20(29-21)19-17(14-6-3-2-4-7-14)8-5-9-18(19)15-10-12-16(13-11-15)23(24,25)26/h2-13,20-21H,1H3. The molecule has 29 heavy (non-hydrogen) atoms. The molecular formula is C23H17F3O3. The number of halogens is 3. The van der Waals surface area contributed by atoms with Crippen LogP contribution in [0.2, 0.25) is 0 Å². The quantitative estimate of drug-likeness (QED) is 0.421. The summed E-state index contributed by atoms with van der Waals surface area (Å²) >= 11 is 0. The zero-order valence-corrected chi connectivity index (χ0v) is 15.4. The van der Waals surface area contributed by atoms with Gasteiger partial charge in [0, 0.05) is 0 Å². The zero-order chi connectivity index (χ0) is 20.6. The SMILES string of the molecule is COC(=O)C1OC1c1c(-c2ccccc2)cccc1-c1ccc(C(F)(F)F)cc1. The largest absolute Gasteiger partial charge is 0.467 e. The minimum Gasteiger partial charge on any atom is -0.467 e. The number of hydrogen-bond donors (Lipinski definition) is 0. The Morgan fingerprint density at radius 3 is 2.00 bits per heavy atom. The Bertz CT molecular complexity index is 1030. The van der Waals surface area contributed by atoms with Crippen LogP contribution in [0.1, 0.15) is 17.2 Å². The molecule has 6 heteroatoms. The number of esters is 1. The Morgan fingerprint density at radius 2 is 1.45 bits per heavy atom. The third-order valence-electron chi connectivity index (χ3n) is 4.92. The van der Waals surface area contributed by atoms with Crippen LogP contribution in [-0.4, -0.2) is 19.2 Å². The van der Waals surface area contributed by atoms with Gasteiger partial charge in [-0.2, -0.15) is 13.2 Å². The van der Waals surface area contributed by atoms with Gasteiger partial charge in [0.15, 0.2) is 6.10 Å². The van der Waals surface area contributed by atoms with E-state index < -0.39 is 29.9 Å². The Labute approximate surface area is 165 Å². The number of alkyl halides is 3. The molecule has 1 fully saturated rings. The van der Waals surface area contributed by atoms with Gasteiger partial charge in [-0.05, 0) is 39.9 Å². The molecule has 4 rings (SSSR count). The van der Waals surface area contributed by atoms with E-state index in [1.54, 1.807) is 0 Å². The predicted molar refractivity (Wildman–Crippen MR) is 102 cm³/mol. The van der Waals surface area contributed by atoms with Gasteiger partial charge in [-0.3, -0.25) is 0 Å². The van der Waals surface area contributed by atoms with Gasteiger partial charge in [-0.25, -0.2) is 4.79 Å². The lowest BCUT2D eigenvalue weighted by atomic mass is 9.89. The molecule has 2 unspecified atom stereocenters. The van der Waals surface area contributed by atoms with Gasteiger partial charge in [0.2, 0.25) is 0 Å². The van der Waals surface area contributed by atoms with E-state index in [2.05, 4.69) is 0 Å². The summed E-state index contributed by atoms with van der Waals surface area (Å²) in [6.45, 7) is 0. The third kappa shape index (κ3) is 3.76. The molecule has 0 amide bonds. The first-order chi connectivity index (χ1) is 13.9. The molecule has 0 spiro atoms. The van der Waals surface area contributed by atoms with E-state index in [0.717, 1.165) is 34.4 Å². The van der Waals surface area contributed by atoms with Crippen LogP contribution in [0.15, 0.2) is 72.8 Å². The summed E-state index contributed by atoms with van der Waals surface area (Å²) in [7, 11) is 1.29. The van der Waals surface area contributed by atoms with E-state index in [-0.39, 0.29) is 0 Å². The highest BCUT2D eigenvalue weighted by Gasteiger charge is 2.49. The molecule has 0 bridgehead atoms. The molecule has 0 N–H and O–H groups in total. The van der Waals surface area contributed by atoms with Crippen LogP contribution in [0.25, 0.3) is 22.3 Å². The first-order valence-electron chi connectivity index (χ1n) is 8.99. The fourth-order valence-corrected chi connectivity index (χ4v) is 3.46. The average Bonchev–Trinajstić information content (AvgIpc) is 3.53. The highest BCUT2D eigenvalue weighted by Crippen LogP contribution is 2.48. The number of carbonyl (C=O) groups is 1. The van der Waals surface area contributed by atoms with Crippen molar-refractivity contribution in [1.82, 2.24) is 0 Å². The molecule has 1 aliphatic heterocycles. The number of carbonyl (C=O) groups excluding carboxylic acids is 1. The summed E-state index contributed by atoms with van der Waals surface area (Å²) in [4.78, 5) is 11.9. The maximum Gasteiger partial charge on any atom is 0.416 e. The molecule has 0 aliphatic carbocycles. The van der Waals surface area contributed by atoms with Crippen LogP contribution in [0, 0.1) is 0 Å². The van der Waals surface area contributed by atoms with Crippen LogP contribution in [0.4, 0.5) is 13.2 Å². The fourth-order valence-electron chi connectivity index (χ4n) is 3.46. The van der Waals surface area contributed by atoms with Crippen molar-refractivity contribution in [2.45, 2.75) is 18.4 Å². The summed E-state index contributed by atoms with van der Waals surface area (Å²) < 4.78 is 49.2. The van der Waals surface area contributed by atoms with Crippen molar-refractivity contribution in [1.29, 1.82) is 0 Å². The van der Waals surface area contributed by atoms with Gasteiger partial charge in [0.1, 0.15) is 6.10 Å². The smallest absolute Gasteiger partial charge is 0.416 e. The van der Waals surface area contributed by atoms with Crippen LogP contribution >= 0.6 is 0 Å². The summed E-state index contributed by atoms with van der Waals surface area (Å²) in [5, 5.41) is 0. The third-order valence-corrected chi connectivity index (χ3v) is 4.92. The van der Waals surface area contributed by atoms with Crippen molar-refractivity contribution in [3.8, 4) is 22.3 Å².